The molecule has 1 N–H and O–H groups in total. The van der Waals surface area contributed by atoms with Gasteiger partial charge in [0.2, 0.25) is 15.9 Å². The van der Waals surface area contributed by atoms with E-state index in [1.54, 1.807) is 54.6 Å². The molecular weight excluding hydrogens is 384 g/mol. The summed E-state index contributed by atoms with van der Waals surface area (Å²) in [7, 11) is -3.49. The van der Waals surface area contributed by atoms with Crippen LogP contribution in [0, 0.1) is 0 Å². The lowest BCUT2D eigenvalue weighted by atomic mass is 10.2. The SMILES string of the molecule is O=S(=O)(Cc1ccccc1)Nc1ccc(-c2nc3cc(Cl)ccc3o2)cc1. The molecule has 0 amide bonds. The second-order valence-corrected chi connectivity index (χ2v) is 8.21. The lowest BCUT2D eigenvalue weighted by Crippen LogP contribution is -2.14. The van der Waals surface area contributed by atoms with E-state index >= 15 is 0 Å². The number of fused-ring (bicyclic) bond motifs is 1. The van der Waals surface area contributed by atoms with Crippen LogP contribution in [0.3, 0.4) is 0 Å². The summed E-state index contributed by atoms with van der Waals surface area (Å²) in [6, 6.07) is 21.1. The largest absolute Gasteiger partial charge is 0.436 e. The molecule has 3 aromatic carbocycles. The smallest absolute Gasteiger partial charge is 0.236 e. The number of aromatic nitrogens is 1. The number of nitrogens with one attached hydrogen (secondary N) is 1. The first-order valence-corrected chi connectivity index (χ1v) is 10.2. The highest BCUT2D eigenvalue weighted by Gasteiger charge is 2.13. The lowest BCUT2D eigenvalue weighted by Gasteiger charge is -2.08. The number of hydrogen-bond acceptors (Lipinski definition) is 4. The van der Waals surface area contributed by atoms with Crippen molar-refractivity contribution in [3.63, 3.8) is 0 Å². The van der Waals surface area contributed by atoms with E-state index in [0.29, 0.717) is 27.7 Å². The van der Waals surface area contributed by atoms with Crippen molar-refractivity contribution in [1.29, 1.82) is 0 Å². The van der Waals surface area contributed by atoms with Crippen LogP contribution in [0.2, 0.25) is 5.02 Å². The first-order chi connectivity index (χ1) is 13.0. The van der Waals surface area contributed by atoms with E-state index in [9.17, 15) is 8.42 Å². The molecule has 4 aromatic rings. The van der Waals surface area contributed by atoms with Crippen molar-refractivity contribution in [2.24, 2.45) is 0 Å². The standard InChI is InChI=1S/C20H15ClN2O3S/c21-16-8-11-19-18(12-16)22-20(26-19)15-6-9-17(10-7-15)23-27(24,25)13-14-4-2-1-3-5-14/h1-12,23H,13H2. The fourth-order valence-electron chi connectivity index (χ4n) is 2.71. The van der Waals surface area contributed by atoms with Gasteiger partial charge < -0.3 is 4.42 Å². The summed E-state index contributed by atoms with van der Waals surface area (Å²) in [4.78, 5) is 4.41. The molecule has 0 aliphatic carbocycles. The zero-order valence-electron chi connectivity index (χ0n) is 14.1. The van der Waals surface area contributed by atoms with Crippen LogP contribution in [0.25, 0.3) is 22.6 Å². The van der Waals surface area contributed by atoms with E-state index in [4.69, 9.17) is 16.0 Å². The summed E-state index contributed by atoms with van der Waals surface area (Å²) in [5.41, 5.74) is 3.26. The Balaban J connectivity index is 1.53. The topological polar surface area (TPSA) is 72.2 Å². The summed E-state index contributed by atoms with van der Waals surface area (Å²) in [5, 5.41) is 0.588. The maximum absolute atomic E-state index is 12.3. The predicted molar refractivity (Wildman–Crippen MR) is 107 cm³/mol. The molecular formula is C20H15ClN2O3S. The van der Waals surface area contributed by atoms with Gasteiger partial charge in [-0.2, -0.15) is 0 Å². The second kappa shape index (κ2) is 7.06. The van der Waals surface area contributed by atoms with Crippen LogP contribution in [0.4, 0.5) is 5.69 Å². The highest BCUT2D eigenvalue weighted by Crippen LogP contribution is 2.27. The van der Waals surface area contributed by atoms with E-state index in [1.807, 2.05) is 18.2 Å². The Hall–Kier alpha value is -2.83. The average molecular weight is 399 g/mol. The number of benzene rings is 3. The van der Waals surface area contributed by atoms with E-state index < -0.39 is 10.0 Å². The molecule has 5 nitrogen and oxygen atoms in total. The molecule has 0 atom stereocenters. The Morgan fingerprint density at radius 1 is 0.963 bits per heavy atom. The molecule has 0 saturated carbocycles. The molecule has 0 bridgehead atoms. The fourth-order valence-corrected chi connectivity index (χ4v) is 4.08. The molecule has 0 aliphatic rings. The van der Waals surface area contributed by atoms with E-state index in [1.165, 1.54) is 0 Å². The van der Waals surface area contributed by atoms with E-state index in [2.05, 4.69) is 9.71 Å². The Labute approximate surface area is 161 Å². The van der Waals surface area contributed by atoms with Crippen molar-refractivity contribution >= 4 is 38.4 Å². The van der Waals surface area contributed by atoms with Crippen LogP contribution < -0.4 is 4.72 Å². The highest BCUT2D eigenvalue weighted by molar-refractivity contribution is 7.91. The van der Waals surface area contributed by atoms with Gasteiger partial charge in [0.25, 0.3) is 0 Å². The van der Waals surface area contributed by atoms with Gasteiger partial charge in [0, 0.05) is 16.3 Å². The van der Waals surface area contributed by atoms with Gasteiger partial charge in [-0.25, -0.2) is 13.4 Å². The third kappa shape index (κ3) is 4.13. The number of hydrogen-bond donors (Lipinski definition) is 1. The minimum absolute atomic E-state index is 0.0819. The van der Waals surface area contributed by atoms with Gasteiger partial charge in [-0.15, -0.1) is 0 Å². The minimum Gasteiger partial charge on any atom is -0.436 e. The molecule has 0 unspecified atom stereocenters. The normalized spacial score (nSPS) is 11.6. The Bertz CT molecular complexity index is 1190. The number of anilines is 1. The Morgan fingerprint density at radius 2 is 1.70 bits per heavy atom. The van der Waals surface area contributed by atoms with Crippen LogP contribution in [0.15, 0.2) is 77.2 Å². The van der Waals surface area contributed by atoms with Gasteiger partial charge in [0.05, 0.1) is 5.75 Å². The monoisotopic (exact) mass is 398 g/mol. The van der Waals surface area contributed by atoms with Crippen LogP contribution in [-0.4, -0.2) is 13.4 Å². The summed E-state index contributed by atoms with van der Waals surface area (Å²) in [6.07, 6.45) is 0. The number of oxazole rings is 1. The molecule has 7 heteroatoms. The molecule has 0 fully saturated rings. The van der Waals surface area contributed by atoms with Crippen molar-refractivity contribution in [1.82, 2.24) is 4.98 Å². The third-order valence-corrected chi connectivity index (χ3v) is 5.45. The van der Waals surface area contributed by atoms with Crippen molar-refractivity contribution in [2.75, 3.05) is 4.72 Å². The van der Waals surface area contributed by atoms with Crippen LogP contribution in [0.1, 0.15) is 5.56 Å². The lowest BCUT2D eigenvalue weighted by molar-refractivity contribution is 0.600. The van der Waals surface area contributed by atoms with Gasteiger partial charge in [-0.1, -0.05) is 41.9 Å². The van der Waals surface area contributed by atoms with Crippen LogP contribution in [-0.2, 0) is 15.8 Å². The van der Waals surface area contributed by atoms with Crippen LogP contribution >= 0.6 is 11.6 Å². The molecule has 0 saturated heterocycles. The zero-order valence-corrected chi connectivity index (χ0v) is 15.7. The molecule has 27 heavy (non-hydrogen) atoms. The number of sulfonamides is 1. The van der Waals surface area contributed by atoms with Gasteiger partial charge in [-0.3, -0.25) is 4.72 Å². The molecule has 136 valence electrons. The molecule has 1 heterocycles. The van der Waals surface area contributed by atoms with Gasteiger partial charge in [0.1, 0.15) is 5.52 Å². The number of nitrogens with zero attached hydrogens (tertiary/aromatic N) is 1. The molecule has 4 rings (SSSR count). The molecule has 0 aliphatic heterocycles. The van der Waals surface area contributed by atoms with Gasteiger partial charge >= 0.3 is 0 Å². The number of rotatable bonds is 5. The van der Waals surface area contributed by atoms with Crippen molar-refractivity contribution in [3.05, 3.63) is 83.4 Å². The maximum atomic E-state index is 12.3. The first-order valence-electron chi connectivity index (χ1n) is 8.19. The zero-order chi connectivity index (χ0) is 18.9. The van der Waals surface area contributed by atoms with Crippen molar-refractivity contribution < 1.29 is 12.8 Å². The van der Waals surface area contributed by atoms with Crippen molar-refractivity contribution in [3.8, 4) is 11.5 Å². The predicted octanol–water partition coefficient (Wildman–Crippen LogP) is 5.09. The fraction of sp³-hybridized carbons (Fsp3) is 0.0500. The van der Waals surface area contributed by atoms with E-state index in [-0.39, 0.29) is 5.75 Å². The number of halogens is 1. The van der Waals surface area contributed by atoms with Crippen LogP contribution in [0.5, 0.6) is 0 Å². The molecule has 0 radical (unpaired) electrons. The quantitative estimate of drug-likeness (QED) is 0.508. The summed E-state index contributed by atoms with van der Waals surface area (Å²) in [6.45, 7) is 0. The maximum Gasteiger partial charge on any atom is 0.236 e. The Kier molecular flexibility index (Phi) is 4.59. The summed E-state index contributed by atoms with van der Waals surface area (Å²) in [5.74, 6) is 0.368. The average Bonchev–Trinajstić information content (AvgIpc) is 3.05. The third-order valence-electron chi connectivity index (χ3n) is 3.95. The molecule has 0 spiro atoms. The second-order valence-electron chi connectivity index (χ2n) is 6.06. The van der Waals surface area contributed by atoms with E-state index in [0.717, 1.165) is 11.1 Å². The van der Waals surface area contributed by atoms with Gasteiger partial charge in [0.15, 0.2) is 5.58 Å². The summed E-state index contributed by atoms with van der Waals surface area (Å²) >= 11 is 5.97. The highest BCUT2D eigenvalue weighted by atomic mass is 35.5. The first kappa shape index (κ1) is 17.6. The minimum atomic E-state index is -3.49. The Morgan fingerprint density at radius 3 is 2.44 bits per heavy atom. The van der Waals surface area contributed by atoms with Crippen molar-refractivity contribution in [2.45, 2.75) is 5.75 Å². The summed E-state index contributed by atoms with van der Waals surface area (Å²) < 4.78 is 32.9. The van der Waals surface area contributed by atoms with Gasteiger partial charge in [-0.05, 0) is 48.0 Å². The molecule has 1 aromatic heterocycles.